The highest BCUT2D eigenvalue weighted by atomic mass is 16.5. The zero-order chi connectivity index (χ0) is 16.1. The molecule has 120 valence electrons. The summed E-state index contributed by atoms with van der Waals surface area (Å²) in [7, 11) is 1.61. The lowest BCUT2D eigenvalue weighted by Gasteiger charge is -2.24. The standard InChI is InChI=1S/C18H19NO4/c1-21-15-8-7-14(17-10-19-18(20)12-23-17)9-16(15)22-11-13-5-3-2-4-6-13/h2-9,17H,10-12H2,1H3,(H,19,20). The molecule has 1 unspecified atom stereocenters. The summed E-state index contributed by atoms with van der Waals surface area (Å²) in [6.07, 6.45) is -0.169. The van der Waals surface area contributed by atoms with Crippen LogP contribution >= 0.6 is 0 Å². The first-order valence-corrected chi connectivity index (χ1v) is 7.49. The van der Waals surface area contributed by atoms with Crippen molar-refractivity contribution in [3.63, 3.8) is 0 Å². The Hall–Kier alpha value is -2.53. The number of benzene rings is 2. The number of methoxy groups -OCH3 is 1. The highest BCUT2D eigenvalue weighted by molar-refractivity contribution is 5.77. The van der Waals surface area contributed by atoms with E-state index in [1.807, 2.05) is 48.5 Å². The van der Waals surface area contributed by atoms with Crippen LogP contribution in [0.3, 0.4) is 0 Å². The van der Waals surface area contributed by atoms with Gasteiger partial charge in [-0.2, -0.15) is 0 Å². The molecule has 0 aliphatic carbocycles. The fourth-order valence-corrected chi connectivity index (χ4v) is 2.45. The van der Waals surface area contributed by atoms with E-state index in [0.29, 0.717) is 24.7 Å². The van der Waals surface area contributed by atoms with Crippen LogP contribution < -0.4 is 14.8 Å². The predicted octanol–water partition coefficient (Wildman–Crippen LogP) is 2.46. The van der Waals surface area contributed by atoms with Crippen molar-refractivity contribution in [2.24, 2.45) is 0 Å². The molecule has 1 aliphatic rings. The molecule has 0 spiro atoms. The van der Waals surface area contributed by atoms with Crippen LogP contribution in [-0.4, -0.2) is 26.2 Å². The monoisotopic (exact) mass is 313 g/mol. The fourth-order valence-electron chi connectivity index (χ4n) is 2.45. The Kier molecular flexibility index (Phi) is 4.78. The first-order chi connectivity index (χ1) is 11.3. The topological polar surface area (TPSA) is 56.8 Å². The van der Waals surface area contributed by atoms with E-state index in [1.165, 1.54) is 0 Å². The van der Waals surface area contributed by atoms with Gasteiger partial charge in [0.15, 0.2) is 11.5 Å². The van der Waals surface area contributed by atoms with Crippen LogP contribution in [0.1, 0.15) is 17.2 Å². The van der Waals surface area contributed by atoms with Gasteiger partial charge in [0.25, 0.3) is 0 Å². The minimum Gasteiger partial charge on any atom is -0.493 e. The van der Waals surface area contributed by atoms with Gasteiger partial charge in [-0.15, -0.1) is 0 Å². The fraction of sp³-hybridized carbons (Fsp3) is 0.278. The third-order valence-corrected chi connectivity index (χ3v) is 3.70. The van der Waals surface area contributed by atoms with Crippen molar-refractivity contribution >= 4 is 5.91 Å². The van der Waals surface area contributed by atoms with Gasteiger partial charge in [0, 0.05) is 6.54 Å². The molecule has 23 heavy (non-hydrogen) atoms. The predicted molar refractivity (Wildman–Crippen MR) is 85.5 cm³/mol. The maximum Gasteiger partial charge on any atom is 0.246 e. The van der Waals surface area contributed by atoms with E-state index in [-0.39, 0.29) is 18.6 Å². The lowest BCUT2D eigenvalue weighted by Crippen LogP contribution is -2.38. The molecular weight excluding hydrogens is 294 g/mol. The molecule has 5 heteroatoms. The summed E-state index contributed by atoms with van der Waals surface area (Å²) in [4.78, 5) is 11.2. The number of ether oxygens (including phenoxy) is 3. The quantitative estimate of drug-likeness (QED) is 0.921. The zero-order valence-electron chi connectivity index (χ0n) is 13.0. The minimum atomic E-state index is -0.169. The summed E-state index contributed by atoms with van der Waals surface area (Å²) >= 11 is 0. The normalized spacial score (nSPS) is 17.4. The number of morpholine rings is 1. The summed E-state index contributed by atoms with van der Waals surface area (Å²) < 4.78 is 16.8. The Morgan fingerprint density at radius 3 is 2.70 bits per heavy atom. The smallest absolute Gasteiger partial charge is 0.246 e. The molecule has 0 saturated carbocycles. The van der Waals surface area contributed by atoms with Crippen molar-refractivity contribution < 1.29 is 19.0 Å². The molecule has 1 aliphatic heterocycles. The van der Waals surface area contributed by atoms with E-state index in [1.54, 1.807) is 7.11 Å². The van der Waals surface area contributed by atoms with Crippen LogP contribution in [0, 0.1) is 0 Å². The Bertz CT molecular complexity index is 662. The molecule has 1 amide bonds. The lowest BCUT2D eigenvalue weighted by molar-refractivity contribution is -0.133. The average Bonchev–Trinajstić information content (AvgIpc) is 2.61. The van der Waals surface area contributed by atoms with Gasteiger partial charge in [-0.25, -0.2) is 0 Å². The van der Waals surface area contributed by atoms with Crippen LogP contribution in [-0.2, 0) is 16.1 Å². The first-order valence-electron chi connectivity index (χ1n) is 7.49. The van der Waals surface area contributed by atoms with Crippen molar-refractivity contribution in [1.82, 2.24) is 5.32 Å². The number of carbonyl (C=O) groups excluding carboxylic acids is 1. The molecule has 2 aromatic carbocycles. The highest BCUT2D eigenvalue weighted by Gasteiger charge is 2.21. The number of amides is 1. The van der Waals surface area contributed by atoms with Crippen LogP contribution in [0.4, 0.5) is 0 Å². The van der Waals surface area contributed by atoms with Crippen LogP contribution in [0.5, 0.6) is 11.5 Å². The van der Waals surface area contributed by atoms with Gasteiger partial charge in [-0.05, 0) is 23.3 Å². The average molecular weight is 313 g/mol. The van der Waals surface area contributed by atoms with Crippen LogP contribution in [0.15, 0.2) is 48.5 Å². The summed E-state index contributed by atoms with van der Waals surface area (Å²) in [5, 5.41) is 2.80. The third-order valence-electron chi connectivity index (χ3n) is 3.70. The van der Waals surface area contributed by atoms with Gasteiger partial charge >= 0.3 is 0 Å². The van der Waals surface area contributed by atoms with Gasteiger partial charge in [-0.3, -0.25) is 4.79 Å². The second-order valence-electron chi connectivity index (χ2n) is 5.29. The molecule has 3 rings (SSSR count). The van der Waals surface area contributed by atoms with Gasteiger partial charge in [-0.1, -0.05) is 36.4 Å². The van der Waals surface area contributed by atoms with E-state index in [2.05, 4.69) is 5.32 Å². The van der Waals surface area contributed by atoms with Gasteiger partial charge in [0.2, 0.25) is 5.91 Å². The summed E-state index contributed by atoms with van der Waals surface area (Å²) in [5.74, 6) is 1.24. The second-order valence-corrected chi connectivity index (χ2v) is 5.29. The summed E-state index contributed by atoms with van der Waals surface area (Å²) in [6.45, 7) is 1.00. The maximum atomic E-state index is 11.2. The lowest BCUT2D eigenvalue weighted by atomic mass is 10.1. The van der Waals surface area contributed by atoms with Crippen molar-refractivity contribution in [3.8, 4) is 11.5 Å². The first kappa shape index (κ1) is 15.4. The van der Waals surface area contributed by atoms with E-state index in [9.17, 15) is 4.79 Å². The summed E-state index contributed by atoms with van der Waals surface area (Å²) in [6, 6.07) is 15.6. The minimum absolute atomic E-state index is 0.0803. The summed E-state index contributed by atoms with van der Waals surface area (Å²) in [5.41, 5.74) is 2.04. The van der Waals surface area contributed by atoms with E-state index in [4.69, 9.17) is 14.2 Å². The van der Waals surface area contributed by atoms with Crippen LogP contribution in [0.2, 0.25) is 0 Å². The Morgan fingerprint density at radius 1 is 1.17 bits per heavy atom. The molecule has 0 aromatic heterocycles. The molecule has 1 N–H and O–H groups in total. The van der Waals surface area contributed by atoms with Crippen molar-refractivity contribution in [2.75, 3.05) is 20.3 Å². The SMILES string of the molecule is COc1ccc(C2CNC(=O)CO2)cc1OCc1ccccc1. The van der Waals surface area contributed by atoms with Crippen molar-refractivity contribution in [2.45, 2.75) is 12.7 Å². The number of hydrogen-bond donors (Lipinski definition) is 1. The Labute approximate surface area is 135 Å². The molecule has 1 atom stereocenters. The van der Waals surface area contributed by atoms with E-state index in [0.717, 1.165) is 11.1 Å². The van der Waals surface area contributed by atoms with Gasteiger partial charge in [0.05, 0.1) is 7.11 Å². The van der Waals surface area contributed by atoms with Crippen molar-refractivity contribution in [1.29, 1.82) is 0 Å². The third kappa shape index (κ3) is 3.81. The molecule has 1 saturated heterocycles. The molecule has 1 fully saturated rings. The molecule has 0 radical (unpaired) electrons. The zero-order valence-corrected chi connectivity index (χ0v) is 13.0. The maximum absolute atomic E-state index is 11.2. The molecule has 1 heterocycles. The largest absolute Gasteiger partial charge is 0.493 e. The number of rotatable bonds is 5. The van der Waals surface area contributed by atoms with E-state index < -0.39 is 0 Å². The van der Waals surface area contributed by atoms with E-state index >= 15 is 0 Å². The Balaban J connectivity index is 1.75. The van der Waals surface area contributed by atoms with Crippen molar-refractivity contribution in [3.05, 3.63) is 59.7 Å². The van der Waals surface area contributed by atoms with Gasteiger partial charge < -0.3 is 19.5 Å². The molecule has 2 aromatic rings. The molecule has 0 bridgehead atoms. The molecule has 5 nitrogen and oxygen atoms in total. The second kappa shape index (κ2) is 7.15. The van der Waals surface area contributed by atoms with Crippen LogP contribution in [0.25, 0.3) is 0 Å². The molecular formula is C18H19NO4. The number of hydrogen-bond acceptors (Lipinski definition) is 4. The number of nitrogens with one attached hydrogen (secondary N) is 1. The Morgan fingerprint density at radius 2 is 2.00 bits per heavy atom. The highest BCUT2D eigenvalue weighted by Crippen LogP contribution is 2.32. The van der Waals surface area contributed by atoms with Gasteiger partial charge in [0.1, 0.15) is 19.3 Å². The number of carbonyl (C=O) groups is 1.